The summed E-state index contributed by atoms with van der Waals surface area (Å²) < 4.78 is 27.5. The smallest absolute Gasteiger partial charge is 0.251 e. The molecule has 1 aliphatic rings. The van der Waals surface area contributed by atoms with E-state index in [1.807, 2.05) is 14.1 Å². The lowest BCUT2D eigenvalue weighted by atomic mass is 9.93. The number of carbonyl (C=O) groups is 1. The van der Waals surface area contributed by atoms with Crippen LogP contribution >= 0.6 is 0 Å². The Kier molecular flexibility index (Phi) is 7.28. The Labute approximate surface area is 170 Å². The van der Waals surface area contributed by atoms with Crippen LogP contribution in [0.4, 0.5) is 0 Å². The van der Waals surface area contributed by atoms with Gasteiger partial charge in [0, 0.05) is 31.7 Å². The normalized spacial score (nSPS) is 21.7. The molecule has 158 valence electrons. The molecule has 1 heterocycles. The molecule has 1 aromatic carbocycles. The molecular weight excluding hydrogens is 374 g/mol. The largest absolute Gasteiger partial charge is 0.351 e. The molecule has 0 aromatic heterocycles. The van der Waals surface area contributed by atoms with Crippen molar-refractivity contribution in [1.29, 1.82) is 0 Å². The maximum atomic E-state index is 12.9. The lowest BCUT2D eigenvalue weighted by molar-refractivity contribution is 0.0929. The summed E-state index contributed by atoms with van der Waals surface area (Å²) in [6, 6.07) is 6.27. The number of benzene rings is 1. The lowest BCUT2D eigenvalue weighted by Crippen LogP contribution is -2.42. The average molecular weight is 410 g/mol. The zero-order chi connectivity index (χ0) is 21.1. The second kappa shape index (κ2) is 8.93. The Morgan fingerprint density at radius 3 is 2.18 bits per heavy atom. The van der Waals surface area contributed by atoms with Gasteiger partial charge in [-0.05, 0) is 62.0 Å². The second-order valence-electron chi connectivity index (χ2n) is 9.38. The van der Waals surface area contributed by atoms with Crippen LogP contribution in [-0.4, -0.2) is 63.8 Å². The van der Waals surface area contributed by atoms with Crippen LogP contribution in [0.25, 0.3) is 0 Å². The van der Waals surface area contributed by atoms with E-state index in [0.717, 1.165) is 13.0 Å². The fraction of sp³-hybridized carbons (Fsp3) is 0.667. The van der Waals surface area contributed by atoms with Gasteiger partial charge in [-0.1, -0.05) is 27.7 Å². The van der Waals surface area contributed by atoms with E-state index in [4.69, 9.17) is 0 Å². The minimum absolute atomic E-state index is 0.0515. The van der Waals surface area contributed by atoms with Gasteiger partial charge >= 0.3 is 0 Å². The topological polar surface area (TPSA) is 69.7 Å². The molecule has 0 aliphatic carbocycles. The summed E-state index contributed by atoms with van der Waals surface area (Å²) in [5.74, 6) is 0.527. The number of carbonyl (C=O) groups excluding carboxylic acids is 1. The van der Waals surface area contributed by atoms with Crippen LogP contribution in [0.1, 0.15) is 44.5 Å². The molecule has 2 rings (SSSR count). The third-order valence-electron chi connectivity index (χ3n) is 5.06. The van der Waals surface area contributed by atoms with Crippen LogP contribution in [0.5, 0.6) is 0 Å². The maximum Gasteiger partial charge on any atom is 0.251 e. The second-order valence-corrected chi connectivity index (χ2v) is 11.3. The van der Waals surface area contributed by atoms with Crippen molar-refractivity contribution < 1.29 is 13.2 Å². The Balaban J connectivity index is 2.05. The predicted molar refractivity (Wildman–Crippen MR) is 113 cm³/mol. The van der Waals surface area contributed by atoms with Crippen LogP contribution in [0.15, 0.2) is 29.2 Å². The van der Waals surface area contributed by atoms with Gasteiger partial charge in [0.2, 0.25) is 10.0 Å². The van der Waals surface area contributed by atoms with E-state index in [9.17, 15) is 13.2 Å². The maximum absolute atomic E-state index is 12.9. The van der Waals surface area contributed by atoms with Gasteiger partial charge in [-0.3, -0.25) is 4.79 Å². The van der Waals surface area contributed by atoms with Crippen molar-refractivity contribution in [2.45, 2.75) is 39.0 Å². The van der Waals surface area contributed by atoms with Crippen LogP contribution in [0, 0.1) is 17.3 Å². The Hall–Kier alpha value is -1.44. The molecule has 0 spiro atoms. The predicted octanol–water partition coefficient (Wildman–Crippen LogP) is 2.67. The number of hydrogen-bond donors (Lipinski definition) is 1. The number of rotatable bonds is 7. The summed E-state index contributed by atoms with van der Waals surface area (Å²) in [5, 5.41) is 2.95. The fourth-order valence-electron chi connectivity index (χ4n) is 4.06. The summed E-state index contributed by atoms with van der Waals surface area (Å²) >= 11 is 0. The molecule has 7 heteroatoms. The summed E-state index contributed by atoms with van der Waals surface area (Å²) in [4.78, 5) is 14.8. The van der Waals surface area contributed by atoms with E-state index in [-0.39, 0.29) is 16.2 Å². The Morgan fingerprint density at radius 1 is 1.14 bits per heavy atom. The van der Waals surface area contributed by atoms with E-state index in [0.29, 0.717) is 37.0 Å². The molecule has 28 heavy (non-hydrogen) atoms. The minimum Gasteiger partial charge on any atom is -0.351 e. The molecule has 0 unspecified atom stereocenters. The van der Waals surface area contributed by atoms with Gasteiger partial charge in [-0.25, -0.2) is 8.42 Å². The summed E-state index contributed by atoms with van der Waals surface area (Å²) in [7, 11) is 0.490. The number of nitrogens with one attached hydrogen (secondary N) is 1. The molecular formula is C21H35N3O3S. The van der Waals surface area contributed by atoms with Crippen molar-refractivity contribution >= 4 is 15.9 Å². The van der Waals surface area contributed by atoms with Gasteiger partial charge in [-0.15, -0.1) is 0 Å². The first-order chi connectivity index (χ1) is 12.9. The first-order valence-electron chi connectivity index (χ1n) is 9.94. The van der Waals surface area contributed by atoms with E-state index in [1.165, 1.54) is 0 Å². The van der Waals surface area contributed by atoms with Gasteiger partial charge in [0.1, 0.15) is 0 Å². The summed E-state index contributed by atoms with van der Waals surface area (Å²) in [5.41, 5.74) is 0.421. The van der Waals surface area contributed by atoms with Crippen molar-refractivity contribution in [3.63, 3.8) is 0 Å². The number of piperidine rings is 1. The van der Waals surface area contributed by atoms with Crippen LogP contribution in [0.3, 0.4) is 0 Å². The molecule has 1 fully saturated rings. The number of nitrogens with zero attached hydrogens (tertiary/aromatic N) is 2. The van der Waals surface area contributed by atoms with Crippen molar-refractivity contribution in [1.82, 2.24) is 14.5 Å². The van der Waals surface area contributed by atoms with E-state index in [2.05, 4.69) is 37.9 Å². The molecule has 0 saturated carbocycles. The Bertz CT molecular complexity index is 763. The van der Waals surface area contributed by atoms with Gasteiger partial charge in [0.25, 0.3) is 5.91 Å². The summed E-state index contributed by atoms with van der Waals surface area (Å²) in [6.07, 6.45) is 1.05. The zero-order valence-corrected chi connectivity index (χ0v) is 18.8. The van der Waals surface area contributed by atoms with Gasteiger partial charge in [0.15, 0.2) is 0 Å². The molecule has 0 radical (unpaired) electrons. The number of amides is 1. The highest BCUT2D eigenvalue weighted by molar-refractivity contribution is 7.89. The van der Waals surface area contributed by atoms with Gasteiger partial charge < -0.3 is 10.2 Å². The van der Waals surface area contributed by atoms with Crippen LogP contribution < -0.4 is 5.32 Å². The van der Waals surface area contributed by atoms with Crippen molar-refractivity contribution in [3.8, 4) is 0 Å². The fourth-order valence-corrected chi connectivity index (χ4v) is 5.74. The van der Waals surface area contributed by atoms with Crippen LogP contribution in [-0.2, 0) is 10.0 Å². The first-order valence-corrected chi connectivity index (χ1v) is 11.4. The standard InChI is InChI=1S/C21H35N3O3S/c1-16-11-17(2)13-24(12-16)28(26,27)19-9-7-18(8-10-19)20(25)22-14-21(3,4)15-23(5)6/h7-10,16-17H,11-15H2,1-6H3,(H,22,25)/t16-,17-/m1/s1. The molecule has 1 amide bonds. The minimum atomic E-state index is -3.52. The van der Waals surface area contributed by atoms with Crippen LogP contribution in [0.2, 0.25) is 0 Å². The van der Waals surface area contributed by atoms with Crippen molar-refractivity contribution in [2.24, 2.45) is 17.3 Å². The number of hydrogen-bond acceptors (Lipinski definition) is 4. The Morgan fingerprint density at radius 2 is 1.68 bits per heavy atom. The average Bonchev–Trinajstić information content (AvgIpc) is 2.58. The third kappa shape index (κ3) is 6.03. The molecule has 6 nitrogen and oxygen atoms in total. The van der Waals surface area contributed by atoms with Gasteiger partial charge in [0.05, 0.1) is 4.90 Å². The van der Waals surface area contributed by atoms with E-state index < -0.39 is 10.0 Å². The van der Waals surface area contributed by atoms with Crippen molar-refractivity contribution in [3.05, 3.63) is 29.8 Å². The highest BCUT2D eigenvalue weighted by atomic mass is 32.2. The first kappa shape index (κ1) is 22.8. The van der Waals surface area contributed by atoms with Crippen molar-refractivity contribution in [2.75, 3.05) is 40.3 Å². The molecule has 2 atom stereocenters. The van der Waals surface area contributed by atoms with E-state index in [1.54, 1.807) is 28.6 Å². The molecule has 1 aliphatic heterocycles. The summed E-state index contributed by atoms with van der Waals surface area (Å²) in [6.45, 7) is 10.9. The number of sulfonamides is 1. The highest BCUT2D eigenvalue weighted by Crippen LogP contribution is 2.26. The molecule has 1 saturated heterocycles. The molecule has 1 aromatic rings. The SMILES string of the molecule is C[C@@H]1C[C@@H](C)CN(S(=O)(=O)c2ccc(C(=O)NCC(C)(C)CN(C)C)cc2)C1. The van der Waals surface area contributed by atoms with E-state index >= 15 is 0 Å². The molecule has 0 bridgehead atoms. The molecule has 1 N–H and O–H groups in total. The van der Waals surface area contributed by atoms with Gasteiger partial charge in [-0.2, -0.15) is 4.31 Å². The monoisotopic (exact) mass is 409 g/mol. The zero-order valence-electron chi connectivity index (χ0n) is 18.0. The lowest BCUT2D eigenvalue weighted by Gasteiger charge is -2.34. The third-order valence-corrected chi connectivity index (χ3v) is 6.91. The highest BCUT2D eigenvalue weighted by Gasteiger charge is 2.31. The quantitative estimate of drug-likeness (QED) is 0.752.